The molecule has 0 saturated heterocycles. The Morgan fingerprint density at radius 2 is 1.89 bits per heavy atom. The largest absolute Gasteiger partial charge is 0.493 e. The molecule has 0 aliphatic rings. The fourth-order valence-corrected chi connectivity index (χ4v) is 3.28. The molecule has 1 aromatic carbocycles. The summed E-state index contributed by atoms with van der Waals surface area (Å²) in [6.07, 6.45) is 0.542. The van der Waals surface area contributed by atoms with E-state index in [9.17, 15) is 13.6 Å². The maximum atomic E-state index is 12.5. The number of ether oxygens (including phenoxy) is 2. The van der Waals surface area contributed by atoms with E-state index in [2.05, 4.69) is 28.5 Å². The van der Waals surface area contributed by atoms with Crippen LogP contribution < -0.4 is 14.8 Å². The van der Waals surface area contributed by atoms with Crippen LogP contribution in [-0.4, -0.2) is 30.7 Å². The molecule has 0 spiro atoms. The number of nitrogens with one attached hydrogen (secondary N) is 1. The zero-order chi connectivity index (χ0) is 20.1. The number of carbonyl (C=O) groups is 1. The van der Waals surface area contributed by atoms with Gasteiger partial charge >= 0.3 is 6.61 Å². The van der Waals surface area contributed by atoms with Crippen molar-refractivity contribution in [2.45, 2.75) is 46.8 Å². The van der Waals surface area contributed by atoms with Crippen molar-refractivity contribution in [1.82, 2.24) is 9.88 Å². The molecule has 0 aliphatic carbocycles. The Hall–Kier alpha value is -2.57. The minimum Gasteiger partial charge on any atom is -0.493 e. The SMILES string of the molecule is COc1cc(CCNC(=O)c2cc(C)n(C(C)C)c2C)ccc1OC(F)F. The van der Waals surface area contributed by atoms with Crippen LogP contribution in [-0.2, 0) is 6.42 Å². The van der Waals surface area contributed by atoms with Crippen LogP contribution in [0.25, 0.3) is 0 Å². The van der Waals surface area contributed by atoms with Crippen LogP contribution in [0.2, 0.25) is 0 Å². The molecule has 0 radical (unpaired) electrons. The predicted molar refractivity (Wildman–Crippen MR) is 100.0 cm³/mol. The maximum Gasteiger partial charge on any atom is 0.387 e. The predicted octanol–water partition coefficient (Wildman–Crippen LogP) is 4.27. The molecule has 0 fully saturated rings. The topological polar surface area (TPSA) is 52.5 Å². The fraction of sp³-hybridized carbons (Fsp3) is 0.450. The first-order chi connectivity index (χ1) is 12.7. The summed E-state index contributed by atoms with van der Waals surface area (Å²) in [5, 5.41) is 2.91. The van der Waals surface area contributed by atoms with E-state index in [0.717, 1.165) is 17.0 Å². The van der Waals surface area contributed by atoms with Crippen LogP contribution in [0, 0.1) is 13.8 Å². The average molecular weight is 380 g/mol. The van der Waals surface area contributed by atoms with Crippen molar-refractivity contribution in [3.63, 3.8) is 0 Å². The number of alkyl halides is 2. The minimum absolute atomic E-state index is 0.0126. The Balaban J connectivity index is 2.00. The number of hydrogen-bond acceptors (Lipinski definition) is 3. The van der Waals surface area contributed by atoms with E-state index in [4.69, 9.17) is 4.74 Å². The second-order valence-corrected chi connectivity index (χ2v) is 6.62. The van der Waals surface area contributed by atoms with E-state index in [1.54, 1.807) is 12.1 Å². The number of hydrogen-bond donors (Lipinski definition) is 1. The Morgan fingerprint density at radius 3 is 2.44 bits per heavy atom. The van der Waals surface area contributed by atoms with E-state index >= 15 is 0 Å². The minimum atomic E-state index is -2.91. The van der Waals surface area contributed by atoms with E-state index in [-0.39, 0.29) is 23.4 Å². The number of amides is 1. The van der Waals surface area contributed by atoms with E-state index in [1.165, 1.54) is 13.2 Å². The summed E-state index contributed by atoms with van der Waals surface area (Å²) in [5.41, 5.74) is 3.50. The third kappa shape index (κ3) is 4.99. The van der Waals surface area contributed by atoms with Gasteiger partial charge in [-0.1, -0.05) is 6.07 Å². The standard InChI is InChI=1S/C20H26F2N2O3/c1-12(2)24-13(3)10-16(14(24)4)19(25)23-9-8-15-6-7-17(27-20(21)22)18(11-15)26-5/h6-7,10-12,20H,8-9H2,1-5H3,(H,23,25). The van der Waals surface area contributed by atoms with Gasteiger partial charge in [-0.2, -0.15) is 8.78 Å². The molecule has 0 saturated carbocycles. The van der Waals surface area contributed by atoms with E-state index < -0.39 is 6.61 Å². The summed E-state index contributed by atoms with van der Waals surface area (Å²) < 4.78 is 36.4. The number of benzene rings is 1. The molecule has 148 valence electrons. The Kier molecular flexibility index (Phi) is 6.82. The lowest BCUT2D eigenvalue weighted by Gasteiger charge is -2.14. The quantitative estimate of drug-likeness (QED) is 0.744. The van der Waals surface area contributed by atoms with Crippen molar-refractivity contribution < 1.29 is 23.0 Å². The van der Waals surface area contributed by atoms with Crippen LogP contribution in [0.15, 0.2) is 24.3 Å². The van der Waals surface area contributed by atoms with Crippen LogP contribution in [0.4, 0.5) is 8.78 Å². The number of methoxy groups -OCH3 is 1. The second kappa shape index (κ2) is 8.88. The molecule has 2 rings (SSSR count). The summed E-state index contributed by atoms with van der Waals surface area (Å²) in [5.74, 6) is 0.0978. The van der Waals surface area contributed by atoms with Crippen molar-refractivity contribution in [2.24, 2.45) is 0 Å². The highest BCUT2D eigenvalue weighted by atomic mass is 19.3. The maximum absolute atomic E-state index is 12.5. The molecule has 27 heavy (non-hydrogen) atoms. The first-order valence-corrected chi connectivity index (χ1v) is 8.83. The molecule has 7 heteroatoms. The summed E-state index contributed by atoms with van der Waals surface area (Å²) >= 11 is 0. The molecule has 1 heterocycles. The van der Waals surface area contributed by atoms with Crippen molar-refractivity contribution >= 4 is 5.91 Å². The van der Waals surface area contributed by atoms with E-state index in [1.807, 2.05) is 19.9 Å². The summed E-state index contributed by atoms with van der Waals surface area (Å²) in [6.45, 7) is 5.59. The molecule has 0 aliphatic heterocycles. The number of nitrogens with zero attached hydrogens (tertiary/aromatic N) is 1. The molecule has 2 aromatic rings. The van der Waals surface area contributed by atoms with Crippen molar-refractivity contribution in [1.29, 1.82) is 0 Å². The highest BCUT2D eigenvalue weighted by Gasteiger charge is 2.17. The normalized spacial score (nSPS) is 11.1. The van der Waals surface area contributed by atoms with Gasteiger partial charge in [0.1, 0.15) is 0 Å². The van der Waals surface area contributed by atoms with Gasteiger partial charge in [-0.05, 0) is 57.9 Å². The van der Waals surface area contributed by atoms with Crippen LogP contribution in [0.3, 0.4) is 0 Å². The van der Waals surface area contributed by atoms with Gasteiger partial charge < -0.3 is 19.4 Å². The molecule has 5 nitrogen and oxygen atoms in total. The third-order valence-corrected chi connectivity index (χ3v) is 4.39. The second-order valence-electron chi connectivity index (χ2n) is 6.62. The number of carbonyl (C=O) groups excluding carboxylic acids is 1. The Morgan fingerprint density at radius 1 is 1.19 bits per heavy atom. The molecular formula is C20H26F2N2O3. The summed E-state index contributed by atoms with van der Waals surface area (Å²) in [7, 11) is 1.39. The van der Waals surface area contributed by atoms with Crippen molar-refractivity contribution in [3.05, 3.63) is 46.8 Å². The van der Waals surface area contributed by atoms with Gasteiger partial charge in [0.2, 0.25) is 0 Å². The van der Waals surface area contributed by atoms with Crippen LogP contribution in [0.1, 0.15) is 47.2 Å². The highest BCUT2D eigenvalue weighted by Crippen LogP contribution is 2.29. The lowest BCUT2D eigenvalue weighted by molar-refractivity contribution is -0.0512. The summed E-state index contributed by atoms with van der Waals surface area (Å²) in [6, 6.07) is 6.93. The van der Waals surface area contributed by atoms with Gasteiger partial charge in [0.15, 0.2) is 11.5 Å². The molecule has 1 N–H and O–H groups in total. The molecule has 0 unspecified atom stereocenters. The van der Waals surface area contributed by atoms with Gasteiger partial charge in [0.05, 0.1) is 12.7 Å². The van der Waals surface area contributed by atoms with Crippen LogP contribution in [0.5, 0.6) is 11.5 Å². The average Bonchev–Trinajstić information content (AvgIpc) is 2.90. The lowest BCUT2D eigenvalue weighted by Crippen LogP contribution is -2.26. The molecule has 0 atom stereocenters. The number of rotatable bonds is 8. The number of halogens is 2. The van der Waals surface area contributed by atoms with E-state index in [0.29, 0.717) is 18.5 Å². The van der Waals surface area contributed by atoms with Gasteiger partial charge in [-0.3, -0.25) is 4.79 Å². The molecular weight excluding hydrogens is 354 g/mol. The van der Waals surface area contributed by atoms with Gasteiger partial charge in [-0.15, -0.1) is 0 Å². The number of aryl methyl sites for hydroxylation is 1. The highest BCUT2D eigenvalue weighted by molar-refractivity contribution is 5.95. The van der Waals surface area contributed by atoms with Gasteiger partial charge in [-0.25, -0.2) is 0 Å². The Labute approximate surface area is 158 Å². The molecule has 1 aromatic heterocycles. The monoisotopic (exact) mass is 380 g/mol. The van der Waals surface area contributed by atoms with Crippen LogP contribution >= 0.6 is 0 Å². The summed E-state index contributed by atoms with van der Waals surface area (Å²) in [4.78, 5) is 12.5. The first kappa shape index (κ1) is 20.7. The lowest BCUT2D eigenvalue weighted by atomic mass is 10.1. The molecule has 0 bridgehead atoms. The van der Waals surface area contributed by atoms with Gasteiger partial charge in [0, 0.05) is 24.0 Å². The smallest absolute Gasteiger partial charge is 0.387 e. The van der Waals surface area contributed by atoms with Crippen molar-refractivity contribution in [2.75, 3.05) is 13.7 Å². The zero-order valence-corrected chi connectivity index (χ0v) is 16.3. The first-order valence-electron chi connectivity index (χ1n) is 8.83. The third-order valence-electron chi connectivity index (χ3n) is 4.39. The van der Waals surface area contributed by atoms with Gasteiger partial charge in [0.25, 0.3) is 5.91 Å². The number of aromatic nitrogens is 1. The van der Waals surface area contributed by atoms with Crippen molar-refractivity contribution in [3.8, 4) is 11.5 Å². The Bertz CT molecular complexity index is 801. The zero-order valence-electron chi connectivity index (χ0n) is 16.3. The molecule has 1 amide bonds. The fourth-order valence-electron chi connectivity index (χ4n) is 3.28.